The molecule has 0 bridgehead atoms. The van der Waals surface area contributed by atoms with Crippen molar-refractivity contribution >= 4 is 42.6 Å². The van der Waals surface area contributed by atoms with E-state index in [2.05, 4.69) is 41.5 Å². The summed E-state index contributed by atoms with van der Waals surface area (Å²) in [4.78, 5) is 0. The van der Waals surface area contributed by atoms with E-state index in [1.54, 1.807) is 0 Å². The van der Waals surface area contributed by atoms with E-state index in [0.717, 1.165) is 0 Å². The van der Waals surface area contributed by atoms with Crippen LogP contribution in [0.2, 0.25) is 10.6 Å². The average Bonchev–Trinajstić information content (AvgIpc) is 1.92. The fourth-order valence-corrected chi connectivity index (χ4v) is 1.66. The summed E-state index contributed by atoms with van der Waals surface area (Å²) in [5, 5.41) is 1.06. The van der Waals surface area contributed by atoms with Gasteiger partial charge in [0, 0.05) is 28.2 Å². The minimum absolute atomic E-state index is 0.532. The van der Waals surface area contributed by atoms with Gasteiger partial charge in [0.1, 0.15) is 0 Å². The number of hydrogen-bond donors (Lipinski definition) is 0. The van der Waals surface area contributed by atoms with Crippen LogP contribution in [0.4, 0.5) is 0 Å². The molecule has 0 saturated heterocycles. The van der Waals surface area contributed by atoms with Gasteiger partial charge in [-0.15, -0.1) is 0 Å². The first-order valence-corrected chi connectivity index (χ1v) is 6.21. The molecular weight excluding hydrogens is 161 g/mol. The quantitative estimate of drug-likeness (QED) is 0.404. The zero-order valence-corrected chi connectivity index (χ0v) is 11.2. The predicted octanol–water partition coefficient (Wildman–Crippen LogP) is -0.383. The highest BCUT2D eigenvalue weighted by atomic mass is 13.9. The van der Waals surface area contributed by atoms with Crippen LogP contribution in [-0.4, -0.2) is 42.6 Å². The van der Waals surface area contributed by atoms with Crippen molar-refractivity contribution in [2.75, 3.05) is 0 Å². The molecule has 6 heteroatoms. The summed E-state index contributed by atoms with van der Waals surface area (Å²) in [6.07, 6.45) is 0. The summed E-state index contributed by atoms with van der Waals surface area (Å²) in [5.74, 6) is 0. The Bertz CT molecular complexity index is 127. The summed E-state index contributed by atoms with van der Waals surface area (Å²) >= 11 is 0. The maximum atomic E-state index is 2.34. The van der Waals surface area contributed by atoms with E-state index in [1.165, 1.54) is 42.6 Å². The zero-order valence-electron chi connectivity index (χ0n) is 11.2. The highest BCUT2D eigenvalue weighted by Gasteiger charge is 2.14. The molecule has 0 radical (unpaired) electrons. The van der Waals surface area contributed by atoms with Crippen molar-refractivity contribution in [3.63, 3.8) is 0 Å². The number of hydrogen-bond acceptors (Lipinski definition) is 0. The van der Waals surface area contributed by atoms with Crippen LogP contribution in [0.25, 0.3) is 0 Å². The molecular formula is C8H24B6. The van der Waals surface area contributed by atoms with Gasteiger partial charge in [-0.05, 0) is 0 Å². The van der Waals surface area contributed by atoms with E-state index in [-0.39, 0.29) is 0 Å². The van der Waals surface area contributed by atoms with Gasteiger partial charge < -0.3 is 0 Å². The third-order valence-electron chi connectivity index (χ3n) is 2.60. The molecule has 0 aromatic carbocycles. The second-order valence-electron chi connectivity index (χ2n) is 7.04. The van der Waals surface area contributed by atoms with Crippen LogP contribution in [0.5, 0.6) is 0 Å². The zero-order chi connectivity index (χ0) is 11.2. The minimum atomic E-state index is 0.532. The second-order valence-corrected chi connectivity index (χ2v) is 7.04. The summed E-state index contributed by atoms with van der Waals surface area (Å²) in [5.41, 5.74) is 0. The van der Waals surface area contributed by atoms with Crippen molar-refractivity contribution in [2.24, 2.45) is 0 Å². The summed E-state index contributed by atoms with van der Waals surface area (Å²) in [7, 11) is 8.42. The molecule has 0 aromatic rings. The van der Waals surface area contributed by atoms with E-state index in [0.29, 0.717) is 10.6 Å². The summed E-state index contributed by atoms with van der Waals surface area (Å²) < 4.78 is 0. The fourth-order valence-electron chi connectivity index (χ4n) is 1.66. The van der Waals surface area contributed by atoms with Gasteiger partial charge in [-0.25, -0.2) is 0 Å². The first-order valence-electron chi connectivity index (χ1n) is 6.21. The predicted molar refractivity (Wildman–Crippen MR) is 82.3 cm³/mol. The molecule has 0 heterocycles. The Morgan fingerprint density at radius 2 is 0.786 bits per heavy atom. The topological polar surface area (TPSA) is 0 Å². The van der Waals surface area contributed by atoms with E-state index < -0.39 is 0 Å². The molecule has 0 unspecified atom stereocenters. The van der Waals surface area contributed by atoms with Crippen LogP contribution in [-0.2, 0) is 0 Å². The van der Waals surface area contributed by atoms with Crippen molar-refractivity contribution < 1.29 is 0 Å². The lowest BCUT2D eigenvalue weighted by Gasteiger charge is -2.16. The van der Waals surface area contributed by atoms with Gasteiger partial charge in [0.25, 0.3) is 0 Å². The van der Waals surface area contributed by atoms with Crippen LogP contribution >= 0.6 is 0 Å². The van der Waals surface area contributed by atoms with Crippen LogP contribution in [0.3, 0.4) is 0 Å². The van der Waals surface area contributed by atoms with Gasteiger partial charge >= 0.3 is 0 Å². The Hall–Kier alpha value is 0.390. The van der Waals surface area contributed by atoms with Crippen LogP contribution in [0, 0.1) is 0 Å². The number of rotatable bonds is 5. The third kappa shape index (κ3) is 12.4. The van der Waals surface area contributed by atoms with Gasteiger partial charge in [-0.2, -0.15) is 0 Å². The molecule has 0 saturated carbocycles. The van der Waals surface area contributed by atoms with Crippen molar-refractivity contribution in [1.82, 2.24) is 0 Å². The molecule has 0 fully saturated rings. The van der Waals surface area contributed by atoms with E-state index in [9.17, 15) is 0 Å². The van der Waals surface area contributed by atoms with Crippen molar-refractivity contribution in [2.45, 2.75) is 52.2 Å². The van der Waals surface area contributed by atoms with E-state index in [1.807, 2.05) is 0 Å². The van der Waals surface area contributed by atoms with Gasteiger partial charge in [0.2, 0.25) is 0 Å². The Balaban J connectivity index is 3.23. The maximum Gasteiger partial charge on any atom is 0.0843 e. The Morgan fingerprint density at radius 3 is 1.00 bits per heavy atom. The van der Waals surface area contributed by atoms with Gasteiger partial charge in [0.05, 0.1) is 14.3 Å². The molecule has 0 atom stereocenters. The first kappa shape index (κ1) is 14.4. The molecule has 0 spiro atoms. The lowest BCUT2D eigenvalue weighted by atomic mass is 8.94. The second kappa shape index (κ2) is 6.08. The van der Waals surface area contributed by atoms with Crippen molar-refractivity contribution in [3.05, 3.63) is 0 Å². The van der Waals surface area contributed by atoms with Gasteiger partial charge in [-0.3, -0.25) is 0 Å². The molecule has 0 N–H and O–H groups in total. The van der Waals surface area contributed by atoms with Crippen molar-refractivity contribution in [1.29, 1.82) is 0 Å². The molecule has 0 rings (SSSR count). The summed E-state index contributed by atoms with van der Waals surface area (Å²) in [6, 6.07) is 0. The molecule has 0 aliphatic carbocycles. The Labute approximate surface area is 95.1 Å². The minimum Gasteiger partial charge on any atom is -0.0711 e. The third-order valence-corrected chi connectivity index (χ3v) is 2.60. The molecule has 14 heavy (non-hydrogen) atoms. The fraction of sp³-hybridized carbons (Fsp3) is 1.00. The van der Waals surface area contributed by atoms with E-state index in [4.69, 9.17) is 0 Å². The largest absolute Gasteiger partial charge is 0.0843 e. The monoisotopic (exact) mass is 186 g/mol. The highest BCUT2D eigenvalue weighted by molar-refractivity contribution is 7.59. The van der Waals surface area contributed by atoms with Gasteiger partial charge in [0.15, 0.2) is 0 Å². The SMILES string of the molecule is CC(C)(C)BBBBBBC(C)(C)C. The first-order chi connectivity index (χ1) is 6.21. The average molecular weight is 185 g/mol. The summed E-state index contributed by atoms with van der Waals surface area (Å²) in [6.45, 7) is 14.0. The molecule has 74 valence electrons. The van der Waals surface area contributed by atoms with E-state index >= 15 is 0 Å². The maximum absolute atomic E-state index is 2.34. The molecule has 0 aliphatic heterocycles. The lowest BCUT2D eigenvalue weighted by molar-refractivity contribution is 0.762. The van der Waals surface area contributed by atoms with Crippen LogP contribution in [0.15, 0.2) is 0 Å². The van der Waals surface area contributed by atoms with Gasteiger partial charge in [-0.1, -0.05) is 52.2 Å². The molecule has 0 aromatic heterocycles. The van der Waals surface area contributed by atoms with Crippen LogP contribution in [0.1, 0.15) is 41.5 Å². The normalized spacial score (nSPS) is 11.6. The Morgan fingerprint density at radius 1 is 0.500 bits per heavy atom. The molecule has 0 amide bonds. The smallest absolute Gasteiger partial charge is 0.0711 e. The van der Waals surface area contributed by atoms with Crippen LogP contribution < -0.4 is 0 Å². The Kier molecular flexibility index (Phi) is 6.25. The standard InChI is InChI=1S/C8H24B6/c1-7(2,3)9-11-13-14-12-10-8(4,5)6/h9-14H,1-6H3. The highest BCUT2D eigenvalue weighted by Crippen LogP contribution is 2.19. The molecule has 0 aliphatic rings. The lowest BCUT2D eigenvalue weighted by Crippen LogP contribution is -2.31. The molecule has 0 nitrogen and oxygen atoms in total. The van der Waals surface area contributed by atoms with Crippen molar-refractivity contribution in [3.8, 4) is 0 Å².